The summed E-state index contributed by atoms with van der Waals surface area (Å²) in [6.07, 6.45) is 0. The molecule has 2 N–H and O–H groups in total. The predicted molar refractivity (Wildman–Crippen MR) is 125 cm³/mol. The summed E-state index contributed by atoms with van der Waals surface area (Å²) < 4.78 is 6.51. The molecule has 0 spiro atoms. The molecule has 148 valence electrons. The minimum Gasteiger partial charge on any atom is -0.482 e. The quantitative estimate of drug-likeness (QED) is 0.361. The Bertz CT molecular complexity index is 1220. The number of nitrogens with zero attached hydrogens (tertiary/aromatic N) is 1. The van der Waals surface area contributed by atoms with Gasteiger partial charge < -0.3 is 15.4 Å². The van der Waals surface area contributed by atoms with E-state index in [2.05, 4.69) is 38.7 Å². The number of thiazole rings is 1. The topological polar surface area (TPSA) is 63.2 Å². The molecule has 1 aromatic heterocycles. The number of halogens is 1. The highest BCUT2D eigenvalue weighted by molar-refractivity contribution is 9.10. The third-order valence-corrected chi connectivity index (χ3v) is 6.19. The first-order valence-electron chi connectivity index (χ1n) is 9.32. The molecule has 2 heterocycles. The Labute approximate surface area is 185 Å². The molecular weight excluding hydrogens is 462 g/mol. The molecule has 0 bridgehead atoms. The maximum absolute atomic E-state index is 11.7. The molecule has 0 saturated heterocycles. The lowest BCUT2D eigenvalue weighted by molar-refractivity contribution is -0.118. The molecule has 0 fully saturated rings. The standard InChI is InChI=1S/C23H16BrN3O2S/c24-16-7-9-17(10-8-16)25-23-27-21(22(30-23)14-4-2-1-3-5-14)15-6-11-19-18(12-15)26-20(28)13-29-19/h1-12H,13H2,(H,25,27)(H,26,28). The second-order valence-corrected chi connectivity index (χ2v) is 8.66. The largest absolute Gasteiger partial charge is 0.482 e. The Kier molecular flexibility index (Phi) is 4.98. The highest BCUT2D eigenvalue weighted by Gasteiger charge is 2.20. The summed E-state index contributed by atoms with van der Waals surface area (Å²) in [6.45, 7) is 0.0412. The van der Waals surface area contributed by atoms with Gasteiger partial charge in [0.1, 0.15) is 5.75 Å². The fourth-order valence-electron chi connectivity index (χ4n) is 3.24. The van der Waals surface area contributed by atoms with Gasteiger partial charge in [0, 0.05) is 15.7 Å². The molecule has 1 aliphatic heterocycles. The second-order valence-electron chi connectivity index (χ2n) is 6.74. The van der Waals surface area contributed by atoms with Gasteiger partial charge in [0.25, 0.3) is 5.91 Å². The van der Waals surface area contributed by atoms with Crippen LogP contribution < -0.4 is 15.4 Å². The molecule has 5 rings (SSSR count). The number of rotatable bonds is 4. The van der Waals surface area contributed by atoms with E-state index in [-0.39, 0.29) is 12.5 Å². The average Bonchev–Trinajstić information content (AvgIpc) is 3.19. The minimum atomic E-state index is -0.154. The van der Waals surface area contributed by atoms with E-state index >= 15 is 0 Å². The molecular formula is C23H16BrN3O2S. The van der Waals surface area contributed by atoms with Crippen molar-refractivity contribution < 1.29 is 9.53 Å². The van der Waals surface area contributed by atoms with Crippen LogP contribution in [0.25, 0.3) is 21.7 Å². The predicted octanol–water partition coefficient (Wildman–Crippen LogP) is 6.31. The van der Waals surface area contributed by atoms with Crippen molar-refractivity contribution in [3.8, 4) is 27.4 Å². The van der Waals surface area contributed by atoms with E-state index < -0.39 is 0 Å². The third kappa shape index (κ3) is 3.81. The Balaban J connectivity index is 1.58. The minimum absolute atomic E-state index is 0.0412. The van der Waals surface area contributed by atoms with Crippen molar-refractivity contribution in [2.45, 2.75) is 0 Å². The van der Waals surface area contributed by atoms with Gasteiger partial charge in [-0.05, 0) is 48.0 Å². The van der Waals surface area contributed by atoms with Crippen LogP contribution >= 0.6 is 27.3 Å². The van der Waals surface area contributed by atoms with Crippen LogP contribution in [0.3, 0.4) is 0 Å². The van der Waals surface area contributed by atoms with Crippen molar-refractivity contribution in [2.24, 2.45) is 0 Å². The molecule has 4 aromatic rings. The van der Waals surface area contributed by atoms with Crippen LogP contribution in [0.2, 0.25) is 0 Å². The summed E-state index contributed by atoms with van der Waals surface area (Å²) in [7, 11) is 0. The van der Waals surface area contributed by atoms with E-state index in [0.717, 1.165) is 37.0 Å². The molecule has 0 atom stereocenters. The van der Waals surface area contributed by atoms with Gasteiger partial charge in [-0.1, -0.05) is 57.6 Å². The van der Waals surface area contributed by atoms with Crippen LogP contribution in [0.1, 0.15) is 0 Å². The number of carbonyl (C=O) groups is 1. The number of amides is 1. The van der Waals surface area contributed by atoms with Crippen molar-refractivity contribution in [3.63, 3.8) is 0 Å². The van der Waals surface area contributed by atoms with Gasteiger partial charge in [0.2, 0.25) is 0 Å². The zero-order valence-electron chi connectivity index (χ0n) is 15.7. The monoisotopic (exact) mass is 477 g/mol. The maximum atomic E-state index is 11.7. The molecule has 0 aliphatic carbocycles. The number of hydrogen-bond acceptors (Lipinski definition) is 5. The first-order chi connectivity index (χ1) is 14.7. The normalized spacial score (nSPS) is 12.6. The zero-order valence-corrected chi connectivity index (χ0v) is 18.1. The number of fused-ring (bicyclic) bond motifs is 1. The summed E-state index contributed by atoms with van der Waals surface area (Å²) in [4.78, 5) is 17.7. The summed E-state index contributed by atoms with van der Waals surface area (Å²) in [6, 6.07) is 23.9. The van der Waals surface area contributed by atoms with E-state index in [0.29, 0.717) is 11.4 Å². The third-order valence-electron chi connectivity index (χ3n) is 4.64. The lowest BCUT2D eigenvalue weighted by Gasteiger charge is -2.18. The number of aromatic nitrogens is 1. The molecule has 0 unspecified atom stereocenters. The number of benzene rings is 3. The Morgan fingerprint density at radius 3 is 2.60 bits per heavy atom. The molecule has 1 amide bonds. The van der Waals surface area contributed by atoms with Crippen LogP contribution in [-0.2, 0) is 4.79 Å². The molecule has 0 saturated carbocycles. The average molecular weight is 478 g/mol. The van der Waals surface area contributed by atoms with E-state index in [4.69, 9.17) is 9.72 Å². The van der Waals surface area contributed by atoms with E-state index in [9.17, 15) is 4.79 Å². The SMILES string of the molecule is O=C1COc2ccc(-c3nc(Nc4ccc(Br)cc4)sc3-c3ccccc3)cc2N1. The summed E-state index contributed by atoms with van der Waals surface area (Å²) in [5.74, 6) is 0.516. The highest BCUT2D eigenvalue weighted by atomic mass is 79.9. The molecule has 30 heavy (non-hydrogen) atoms. The first-order valence-corrected chi connectivity index (χ1v) is 10.9. The first kappa shape index (κ1) is 18.8. The fourth-order valence-corrected chi connectivity index (χ4v) is 4.52. The highest BCUT2D eigenvalue weighted by Crippen LogP contribution is 2.42. The van der Waals surface area contributed by atoms with Crippen molar-refractivity contribution in [2.75, 3.05) is 17.2 Å². The number of hydrogen-bond donors (Lipinski definition) is 2. The van der Waals surface area contributed by atoms with Gasteiger partial charge in [-0.3, -0.25) is 4.79 Å². The van der Waals surface area contributed by atoms with E-state index in [1.807, 2.05) is 60.7 Å². The maximum Gasteiger partial charge on any atom is 0.262 e. The molecule has 1 aliphatic rings. The van der Waals surface area contributed by atoms with Crippen molar-refractivity contribution in [1.82, 2.24) is 4.98 Å². The molecule has 5 nitrogen and oxygen atoms in total. The second kappa shape index (κ2) is 7.93. The van der Waals surface area contributed by atoms with Crippen molar-refractivity contribution in [3.05, 3.63) is 77.3 Å². The van der Waals surface area contributed by atoms with Gasteiger partial charge in [0.15, 0.2) is 11.7 Å². The Morgan fingerprint density at radius 2 is 1.80 bits per heavy atom. The molecule has 0 radical (unpaired) electrons. The van der Waals surface area contributed by atoms with E-state index in [1.165, 1.54) is 0 Å². The van der Waals surface area contributed by atoms with Crippen LogP contribution in [-0.4, -0.2) is 17.5 Å². The summed E-state index contributed by atoms with van der Waals surface area (Å²) in [5, 5.41) is 7.06. The number of ether oxygens (including phenoxy) is 1. The molecule has 7 heteroatoms. The Morgan fingerprint density at radius 1 is 1.00 bits per heavy atom. The van der Waals surface area contributed by atoms with Crippen LogP contribution in [0.4, 0.5) is 16.5 Å². The van der Waals surface area contributed by atoms with E-state index in [1.54, 1.807) is 11.3 Å². The van der Waals surface area contributed by atoms with Crippen molar-refractivity contribution >= 4 is 49.7 Å². The van der Waals surface area contributed by atoms with Gasteiger partial charge in [-0.2, -0.15) is 0 Å². The zero-order chi connectivity index (χ0) is 20.5. The Hall–Kier alpha value is -3.16. The smallest absolute Gasteiger partial charge is 0.262 e. The summed E-state index contributed by atoms with van der Waals surface area (Å²) >= 11 is 5.05. The lowest BCUT2D eigenvalue weighted by Crippen LogP contribution is -2.25. The number of anilines is 3. The van der Waals surface area contributed by atoms with Crippen LogP contribution in [0.5, 0.6) is 5.75 Å². The van der Waals surface area contributed by atoms with Crippen LogP contribution in [0, 0.1) is 0 Å². The van der Waals surface area contributed by atoms with Gasteiger partial charge in [-0.15, -0.1) is 0 Å². The number of nitrogens with one attached hydrogen (secondary N) is 2. The van der Waals surface area contributed by atoms with Gasteiger partial charge in [0.05, 0.1) is 16.3 Å². The van der Waals surface area contributed by atoms with Crippen LogP contribution in [0.15, 0.2) is 77.3 Å². The van der Waals surface area contributed by atoms with Crippen molar-refractivity contribution in [1.29, 1.82) is 0 Å². The summed E-state index contributed by atoms with van der Waals surface area (Å²) in [5.41, 5.74) is 4.49. The van der Waals surface area contributed by atoms with Gasteiger partial charge in [-0.25, -0.2) is 4.98 Å². The lowest BCUT2D eigenvalue weighted by atomic mass is 10.1. The number of carbonyl (C=O) groups excluding carboxylic acids is 1. The van der Waals surface area contributed by atoms with Gasteiger partial charge >= 0.3 is 0 Å². The molecule has 3 aromatic carbocycles. The fraction of sp³-hybridized carbons (Fsp3) is 0.0435.